The van der Waals surface area contributed by atoms with Crippen LogP contribution in [0.1, 0.15) is 0 Å². The molecule has 0 saturated heterocycles. The number of benzene rings is 1. The van der Waals surface area contributed by atoms with E-state index in [4.69, 9.17) is 5.73 Å². The molecule has 3 rings (SSSR count). The van der Waals surface area contributed by atoms with E-state index in [-0.39, 0.29) is 0 Å². The molecule has 1 aromatic carbocycles. The molecule has 0 aliphatic rings. The number of hydrogen-bond acceptors (Lipinski definition) is 3. The van der Waals surface area contributed by atoms with Crippen molar-refractivity contribution in [1.29, 1.82) is 0 Å². The van der Waals surface area contributed by atoms with Gasteiger partial charge in [-0.3, -0.25) is 4.68 Å². The molecule has 20 heavy (non-hydrogen) atoms. The molecule has 0 amide bonds. The summed E-state index contributed by atoms with van der Waals surface area (Å²) in [5.41, 5.74) is 8.89. The van der Waals surface area contributed by atoms with Crippen LogP contribution in [0.4, 0.5) is 5.82 Å². The molecule has 0 aliphatic carbocycles. The summed E-state index contributed by atoms with van der Waals surface area (Å²) in [6.07, 6.45) is 3.65. The summed E-state index contributed by atoms with van der Waals surface area (Å²) in [6, 6.07) is 7.96. The molecule has 2 N–H and O–H groups in total. The molecule has 0 atom stereocenters. The summed E-state index contributed by atoms with van der Waals surface area (Å²) in [5, 5.41) is 4.52. The Morgan fingerprint density at radius 2 is 1.95 bits per heavy atom. The molecule has 6 heteroatoms. The van der Waals surface area contributed by atoms with Gasteiger partial charge in [-0.1, -0.05) is 34.1 Å². The molecule has 3 aromatic rings. The predicted octanol–water partition coefficient (Wildman–Crippen LogP) is 2.83. The summed E-state index contributed by atoms with van der Waals surface area (Å²) < 4.78 is 4.59. The van der Waals surface area contributed by atoms with Gasteiger partial charge >= 0.3 is 0 Å². The summed E-state index contributed by atoms with van der Waals surface area (Å²) in [6.45, 7) is 0. The van der Waals surface area contributed by atoms with Gasteiger partial charge in [0.15, 0.2) is 5.82 Å². The number of imidazole rings is 1. The van der Waals surface area contributed by atoms with Gasteiger partial charge in [0, 0.05) is 36.5 Å². The van der Waals surface area contributed by atoms with Crippen molar-refractivity contribution in [3.05, 3.63) is 41.1 Å². The van der Waals surface area contributed by atoms with E-state index in [0.717, 1.165) is 27.1 Å². The van der Waals surface area contributed by atoms with Crippen LogP contribution in [-0.2, 0) is 14.1 Å². The van der Waals surface area contributed by atoms with E-state index in [0.29, 0.717) is 5.82 Å². The van der Waals surface area contributed by atoms with Crippen LogP contribution in [0.5, 0.6) is 0 Å². The van der Waals surface area contributed by atoms with Gasteiger partial charge in [0.25, 0.3) is 0 Å². The zero-order chi connectivity index (χ0) is 14.3. The minimum Gasteiger partial charge on any atom is -0.383 e. The fourth-order valence-electron chi connectivity index (χ4n) is 2.22. The molecular formula is C14H14BrN5. The summed E-state index contributed by atoms with van der Waals surface area (Å²) >= 11 is 3.57. The van der Waals surface area contributed by atoms with Gasteiger partial charge < -0.3 is 10.3 Å². The van der Waals surface area contributed by atoms with E-state index < -0.39 is 0 Å². The van der Waals surface area contributed by atoms with Gasteiger partial charge in [0.2, 0.25) is 0 Å². The Hall–Kier alpha value is -2.08. The minimum absolute atomic E-state index is 0.620. The number of nitrogens with zero attached hydrogens (tertiary/aromatic N) is 4. The zero-order valence-electron chi connectivity index (χ0n) is 11.2. The Morgan fingerprint density at radius 3 is 2.60 bits per heavy atom. The van der Waals surface area contributed by atoms with Crippen molar-refractivity contribution >= 4 is 21.7 Å². The summed E-state index contributed by atoms with van der Waals surface area (Å²) in [5.74, 6) is 1.41. The number of hydrogen-bond donors (Lipinski definition) is 1. The largest absolute Gasteiger partial charge is 0.383 e. The highest BCUT2D eigenvalue weighted by atomic mass is 79.9. The first-order valence-corrected chi connectivity index (χ1v) is 6.94. The highest BCUT2D eigenvalue weighted by Crippen LogP contribution is 2.38. The maximum Gasteiger partial charge on any atom is 0.161 e. The third-order valence-electron chi connectivity index (χ3n) is 3.27. The lowest BCUT2D eigenvalue weighted by Crippen LogP contribution is -1.98. The van der Waals surface area contributed by atoms with Crippen LogP contribution in [0.2, 0.25) is 0 Å². The van der Waals surface area contributed by atoms with E-state index >= 15 is 0 Å². The van der Waals surface area contributed by atoms with Gasteiger partial charge in [-0.25, -0.2) is 4.98 Å². The molecule has 2 heterocycles. The Labute approximate surface area is 125 Å². The third kappa shape index (κ3) is 1.92. The number of aromatic nitrogens is 4. The maximum absolute atomic E-state index is 6.20. The van der Waals surface area contributed by atoms with Crippen molar-refractivity contribution < 1.29 is 0 Å². The first-order chi connectivity index (χ1) is 9.59. The van der Waals surface area contributed by atoms with Crippen molar-refractivity contribution in [2.24, 2.45) is 14.1 Å². The monoisotopic (exact) mass is 331 g/mol. The molecule has 0 radical (unpaired) electrons. The van der Waals surface area contributed by atoms with E-state index in [9.17, 15) is 0 Å². The number of halogens is 1. The van der Waals surface area contributed by atoms with Crippen molar-refractivity contribution in [2.75, 3.05) is 5.73 Å². The second-order valence-electron chi connectivity index (χ2n) is 4.57. The first kappa shape index (κ1) is 12.9. The number of nitrogens with two attached hydrogens (primary N) is 1. The Morgan fingerprint density at radius 1 is 1.20 bits per heavy atom. The number of aryl methyl sites for hydroxylation is 2. The topological polar surface area (TPSA) is 61.7 Å². The van der Waals surface area contributed by atoms with Gasteiger partial charge in [0.05, 0.1) is 5.56 Å². The van der Waals surface area contributed by atoms with E-state index in [1.165, 1.54) is 0 Å². The van der Waals surface area contributed by atoms with Crippen LogP contribution >= 0.6 is 15.9 Å². The van der Waals surface area contributed by atoms with Crippen LogP contribution < -0.4 is 5.73 Å². The summed E-state index contributed by atoms with van der Waals surface area (Å²) in [7, 11) is 3.78. The molecule has 0 saturated carbocycles. The van der Waals surface area contributed by atoms with E-state index in [1.54, 1.807) is 10.9 Å². The molecule has 2 aromatic heterocycles. The Bertz CT molecular complexity index is 772. The van der Waals surface area contributed by atoms with Crippen LogP contribution in [0.3, 0.4) is 0 Å². The fraction of sp³-hybridized carbons (Fsp3) is 0.143. The highest BCUT2D eigenvalue weighted by molar-refractivity contribution is 9.10. The Balaban J connectivity index is 2.31. The SMILES string of the molecule is Cn1ccnc1-c1nn(C)c(N)c1-c1ccccc1Br. The Kier molecular flexibility index (Phi) is 3.10. The van der Waals surface area contributed by atoms with Crippen LogP contribution in [0, 0.1) is 0 Å². The van der Waals surface area contributed by atoms with Crippen molar-refractivity contribution in [3.63, 3.8) is 0 Å². The predicted molar refractivity (Wildman–Crippen MR) is 83.0 cm³/mol. The average Bonchev–Trinajstić information content (AvgIpc) is 2.96. The van der Waals surface area contributed by atoms with Gasteiger partial charge in [0.1, 0.15) is 11.5 Å². The smallest absolute Gasteiger partial charge is 0.161 e. The average molecular weight is 332 g/mol. The molecule has 0 spiro atoms. The standard InChI is InChI=1S/C14H14BrN5/c1-19-8-7-17-14(19)12-11(13(16)20(2)18-12)9-5-3-4-6-10(9)15/h3-8H,16H2,1-2H3. The first-order valence-electron chi connectivity index (χ1n) is 6.14. The van der Waals surface area contributed by atoms with Crippen LogP contribution in [-0.4, -0.2) is 19.3 Å². The maximum atomic E-state index is 6.20. The number of rotatable bonds is 2. The second-order valence-corrected chi connectivity index (χ2v) is 5.43. The number of anilines is 1. The van der Waals surface area contributed by atoms with E-state index in [1.807, 2.05) is 49.1 Å². The molecule has 0 fully saturated rings. The highest BCUT2D eigenvalue weighted by Gasteiger charge is 2.21. The molecule has 0 aliphatic heterocycles. The fourth-order valence-corrected chi connectivity index (χ4v) is 2.70. The van der Waals surface area contributed by atoms with Crippen LogP contribution in [0.15, 0.2) is 41.1 Å². The number of nitrogen functional groups attached to an aromatic ring is 1. The van der Waals surface area contributed by atoms with Crippen molar-refractivity contribution in [1.82, 2.24) is 19.3 Å². The lowest BCUT2D eigenvalue weighted by Gasteiger charge is -2.06. The quantitative estimate of drug-likeness (QED) is 0.785. The third-order valence-corrected chi connectivity index (χ3v) is 3.96. The minimum atomic E-state index is 0.620. The van der Waals surface area contributed by atoms with E-state index in [2.05, 4.69) is 26.0 Å². The molecule has 5 nitrogen and oxygen atoms in total. The summed E-state index contributed by atoms with van der Waals surface area (Å²) in [4.78, 5) is 4.37. The van der Waals surface area contributed by atoms with Crippen LogP contribution in [0.25, 0.3) is 22.6 Å². The lowest BCUT2D eigenvalue weighted by atomic mass is 10.1. The molecule has 0 unspecified atom stereocenters. The molecule has 102 valence electrons. The van der Waals surface area contributed by atoms with Crippen molar-refractivity contribution in [3.8, 4) is 22.6 Å². The normalized spacial score (nSPS) is 10.9. The zero-order valence-corrected chi connectivity index (χ0v) is 12.8. The molecular weight excluding hydrogens is 318 g/mol. The van der Waals surface area contributed by atoms with Gasteiger partial charge in [-0.2, -0.15) is 5.10 Å². The van der Waals surface area contributed by atoms with Crippen molar-refractivity contribution in [2.45, 2.75) is 0 Å². The molecule has 0 bridgehead atoms. The van der Waals surface area contributed by atoms with Gasteiger partial charge in [-0.05, 0) is 6.07 Å². The second kappa shape index (κ2) is 4.79. The lowest BCUT2D eigenvalue weighted by molar-refractivity contribution is 0.776. The van der Waals surface area contributed by atoms with Gasteiger partial charge in [-0.15, -0.1) is 0 Å².